The molecule has 1 aliphatic rings. The number of hydrogen-bond acceptors (Lipinski definition) is 2. The summed E-state index contributed by atoms with van der Waals surface area (Å²) in [4.78, 5) is 11.2. The summed E-state index contributed by atoms with van der Waals surface area (Å²) in [5, 5.41) is 0. The molecule has 2 nitrogen and oxygen atoms in total. The van der Waals surface area contributed by atoms with Crippen LogP contribution in [-0.2, 0) is 9.53 Å². The Hall–Kier alpha value is -0.580. The molecular formula is C11H11IO2. The van der Waals surface area contributed by atoms with E-state index in [0.29, 0.717) is 0 Å². The Morgan fingerprint density at radius 2 is 2.00 bits per heavy atom. The molecule has 74 valence electrons. The molecule has 1 heterocycles. The zero-order chi connectivity index (χ0) is 10.1. The Kier molecular flexibility index (Phi) is 2.76. The summed E-state index contributed by atoms with van der Waals surface area (Å²) in [5.74, 6) is -0.0869. The standard InChI is InChI=1S/C11H11IO2/c1-7-2-4-8(5-3-7)10-6-9(12)11(13)14-10/h2-5,9-10H,6H2,1H3. The van der Waals surface area contributed by atoms with Gasteiger partial charge in [-0.05, 0) is 12.5 Å². The molecule has 1 saturated heterocycles. The third-order valence-corrected chi connectivity index (χ3v) is 3.40. The molecule has 1 aromatic carbocycles. The van der Waals surface area contributed by atoms with Gasteiger partial charge in [0.15, 0.2) is 0 Å². The summed E-state index contributed by atoms with van der Waals surface area (Å²) in [5.41, 5.74) is 2.33. The first-order valence-corrected chi connectivity index (χ1v) is 5.82. The van der Waals surface area contributed by atoms with Crippen molar-refractivity contribution in [2.75, 3.05) is 0 Å². The summed E-state index contributed by atoms with van der Waals surface area (Å²) < 4.78 is 5.27. The lowest BCUT2D eigenvalue weighted by Gasteiger charge is -2.08. The largest absolute Gasteiger partial charge is 0.457 e. The van der Waals surface area contributed by atoms with Crippen molar-refractivity contribution >= 4 is 28.6 Å². The van der Waals surface area contributed by atoms with E-state index in [-0.39, 0.29) is 16.0 Å². The van der Waals surface area contributed by atoms with Gasteiger partial charge < -0.3 is 4.74 Å². The van der Waals surface area contributed by atoms with Gasteiger partial charge in [0.25, 0.3) is 0 Å². The van der Waals surface area contributed by atoms with E-state index >= 15 is 0 Å². The monoisotopic (exact) mass is 302 g/mol. The predicted octanol–water partition coefficient (Wildman–Crippen LogP) is 2.79. The minimum atomic E-state index is -0.0869. The van der Waals surface area contributed by atoms with Crippen molar-refractivity contribution in [2.45, 2.75) is 23.4 Å². The van der Waals surface area contributed by atoms with Crippen LogP contribution in [0.3, 0.4) is 0 Å². The van der Waals surface area contributed by atoms with Crippen LogP contribution in [0.2, 0.25) is 0 Å². The molecule has 0 aliphatic carbocycles. The molecule has 2 rings (SSSR count). The second kappa shape index (κ2) is 3.88. The molecule has 1 aromatic rings. The zero-order valence-corrected chi connectivity index (χ0v) is 10.0. The van der Waals surface area contributed by atoms with E-state index in [2.05, 4.69) is 22.6 Å². The van der Waals surface area contributed by atoms with Crippen molar-refractivity contribution in [3.05, 3.63) is 35.4 Å². The van der Waals surface area contributed by atoms with Gasteiger partial charge in [-0.15, -0.1) is 0 Å². The fourth-order valence-corrected chi connectivity index (χ4v) is 2.14. The number of halogens is 1. The fourth-order valence-electron chi connectivity index (χ4n) is 1.53. The van der Waals surface area contributed by atoms with Crippen LogP contribution < -0.4 is 0 Å². The van der Waals surface area contributed by atoms with E-state index < -0.39 is 0 Å². The number of carbonyl (C=O) groups excluding carboxylic acids is 1. The molecule has 2 unspecified atom stereocenters. The maximum absolute atomic E-state index is 11.2. The molecular weight excluding hydrogens is 291 g/mol. The summed E-state index contributed by atoms with van der Waals surface area (Å²) in [6, 6.07) is 8.15. The first-order chi connectivity index (χ1) is 6.66. The zero-order valence-electron chi connectivity index (χ0n) is 7.87. The van der Waals surface area contributed by atoms with Crippen LogP contribution in [0.1, 0.15) is 23.7 Å². The van der Waals surface area contributed by atoms with E-state index in [1.807, 2.05) is 31.2 Å². The lowest BCUT2D eigenvalue weighted by Crippen LogP contribution is -2.04. The smallest absolute Gasteiger partial charge is 0.319 e. The van der Waals surface area contributed by atoms with Gasteiger partial charge in [-0.2, -0.15) is 0 Å². The van der Waals surface area contributed by atoms with Crippen molar-refractivity contribution in [2.24, 2.45) is 0 Å². The molecule has 0 spiro atoms. The average Bonchev–Trinajstić information content (AvgIpc) is 2.48. The highest BCUT2D eigenvalue weighted by molar-refractivity contribution is 14.1. The quantitative estimate of drug-likeness (QED) is 0.453. The van der Waals surface area contributed by atoms with Gasteiger partial charge in [0.2, 0.25) is 0 Å². The van der Waals surface area contributed by atoms with Crippen molar-refractivity contribution in [1.29, 1.82) is 0 Å². The highest BCUT2D eigenvalue weighted by Gasteiger charge is 2.32. The van der Waals surface area contributed by atoms with Crippen molar-refractivity contribution in [3.63, 3.8) is 0 Å². The number of rotatable bonds is 1. The van der Waals surface area contributed by atoms with Gasteiger partial charge in [-0.25, -0.2) is 0 Å². The summed E-state index contributed by atoms with van der Waals surface area (Å²) in [6.45, 7) is 2.05. The van der Waals surface area contributed by atoms with Gasteiger partial charge in [0, 0.05) is 6.42 Å². The second-order valence-corrected chi connectivity index (χ2v) is 5.04. The molecule has 0 saturated carbocycles. The molecule has 1 aliphatic heterocycles. The van der Waals surface area contributed by atoms with E-state index in [1.54, 1.807) is 0 Å². The number of carbonyl (C=O) groups is 1. The van der Waals surface area contributed by atoms with Gasteiger partial charge in [-0.3, -0.25) is 4.79 Å². The number of esters is 1. The minimum absolute atomic E-state index is 0.0129. The molecule has 14 heavy (non-hydrogen) atoms. The van der Waals surface area contributed by atoms with Crippen LogP contribution in [0.15, 0.2) is 24.3 Å². The van der Waals surface area contributed by atoms with Gasteiger partial charge in [-0.1, -0.05) is 52.4 Å². The van der Waals surface area contributed by atoms with Crippen molar-refractivity contribution < 1.29 is 9.53 Å². The molecule has 3 heteroatoms. The van der Waals surface area contributed by atoms with Crippen LogP contribution in [0.4, 0.5) is 0 Å². The van der Waals surface area contributed by atoms with Crippen LogP contribution in [0.5, 0.6) is 0 Å². The lowest BCUT2D eigenvalue weighted by molar-refractivity contribution is -0.141. The third-order valence-electron chi connectivity index (χ3n) is 2.38. The van der Waals surface area contributed by atoms with Crippen LogP contribution in [0.25, 0.3) is 0 Å². The third kappa shape index (κ3) is 1.92. The maximum Gasteiger partial charge on any atom is 0.319 e. The van der Waals surface area contributed by atoms with Gasteiger partial charge in [0.05, 0.1) is 0 Å². The second-order valence-electron chi connectivity index (χ2n) is 3.54. The predicted molar refractivity (Wildman–Crippen MR) is 62.4 cm³/mol. The van der Waals surface area contributed by atoms with E-state index in [9.17, 15) is 4.79 Å². The first-order valence-electron chi connectivity index (χ1n) is 4.58. The Balaban J connectivity index is 2.17. The van der Waals surface area contributed by atoms with Crippen molar-refractivity contribution in [3.8, 4) is 0 Å². The fraction of sp³-hybridized carbons (Fsp3) is 0.364. The summed E-state index contributed by atoms with van der Waals surface area (Å²) in [7, 11) is 0. The Labute approximate surface area is 96.8 Å². The van der Waals surface area contributed by atoms with E-state index in [0.717, 1.165) is 12.0 Å². The molecule has 0 amide bonds. The molecule has 1 fully saturated rings. The number of benzene rings is 1. The van der Waals surface area contributed by atoms with Gasteiger partial charge >= 0.3 is 5.97 Å². The number of aryl methyl sites for hydroxylation is 1. The lowest BCUT2D eigenvalue weighted by atomic mass is 10.1. The summed E-state index contributed by atoms with van der Waals surface area (Å²) >= 11 is 2.13. The number of alkyl halides is 1. The topological polar surface area (TPSA) is 26.3 Å². The Bertz CT molecular complexity index is 345. The Morgan fingerprint density at radius 3 is 2.50 bits per heavy atom. The van der Waals surface area contributed by atoms with Crippen molar-refractivity contribution in [1.82, 2.24) is 0 Å². The van der Waals surface area contributed by atoms with E-state index in [4.69, 9.17) is 4.74 Å². The number of hydrogen-bond donors (Lipinski definition) is 0. The number of cyclic esters (lactones) is 1. The molecule has 0 bridgehead atoms. The number of ether oxygens (including phenoxy) is 1. The Morgan fingerprint density at radius 1 is 1.36 bits per heavy atom. The molecule has 0 N–H and O–H groups in total. The molecule has 2 atom stereocenters. The molecule has 0 aromatic heterocycles. The van der Waals surface area contributed by atoms with Crippen LogP contribution >= 0.6 is 22.6 Å². The maximum atomic E-state index is 11.2. The molecule has 0 radical (unpaired) electrons. The summed E-state index contributed by atoms with van der Waals surface area (Å²) in [6.07, 6.45) is 0.757. The highest BCUT2D eigenvalue weighted by atomic mass is 127. The van der Waals surface area contributed by atoms with Gasteiger partial charge in [0.1, 0.15) is 10.0 Å². The normalized spacial score (nSPS) is 26.3. The highest BCUT2D eigenvalue weighted by Crippen LogP contribution is 2.33. The van der Waals surface area contributed by atoms with Crippen LogP contribution in [-0.4, -0.2) is 9.89 Å². The SMILES string of the molecule is Cc1ccc(C2CC(I)C(=O)O2)cc1. The van der Waals surface area contributed by atoms with E-state index in [1.165, 1.54) is 5.56 Å². The van der Waals surface area contributed by atoms with Crippen LogP contribution in [0, 0.1) is 6.92 Å². The minimum Gasteiger partial charge on any atom is -0.457 e. The average molecular weight is 302 g/mol. The first kappa shape index (κ1) is 9.96.